The maximum absolute atomic E-state index is 12.8. The molecule has 0 radical (unpaired) electrons. The number of carbonyl (C=O) groups excluding carboxylic acids is 2. The second-order valence-corrected chi connectivity index (χ2v) is 7.88. The first-order chi connectivity index (χ1) is 14.5. The fraction of sp³-hybridized carbons (Fsp3) is 0.0833. The third-order valence-corrected chi connectivity index (χ3v) is 5.43. The number of anilines is 1. The van der Waals surface area contributed by atoms with E-state index in [9.17, 15) is 14.7 Å². The Morgan fingerprint density at radius 1 is 1.00 bits per heavy atom. The van der Waals surface area contributed by atoms with Crippen molar-refractivity contribution in [1.29, 1.82) is 0 Å². The van der Waals surface area contributed by atoms with Gasteiger partial charge in [-0.05, 0) is 60.2 Å². The summed E-state index contributed by atoms with van der Waals surface area (Å²) in [5.74, 6) is 0.257. The average Bonchev–Trinajstić information content (AvgIpc) is 3.01. The molecule has 1 fully saturated rings. The van der Waals surface area contributed by atoms with Crippen LogP contribution in [0.15, 0.2) is 77.7 Å². The van der Waals surface area contributed by atoms with E-state index in [1.54, 1.807) is 18.2 Å². The number of imide groups is 1. The van der Waals surface area contributed by atoms with Gasteiger partial charge in [0.1, 0.15) is 18.1 Å². The van der Waals surface area contributed by atoms with Gasteiger partial charge in [-0.15, -0.1) is 0 Å². The van der Waals surface area contributed by atoms with Crippen LogP contribution in [0.1, 0.15) is 16.7 Å². The van der Waals surface area contributed by atoms with E-state index in [2.05, 4.69) is 0 Å². The molecule has 1 heterocycles. The fourth-order valence-corrected chi connectivity index (χ4v) is 3.86. The van der Waals surface area contributed by atoms with Gasteiger partial charge in [0, 0.05) is 6.07 Å². The summed E-state index contributed by atoms with van der Waals surface area (Å²) in [6, 6.07) is 21.6. The minimum atomic E-state index is -0.415. The number of amides is 2. The Morgan fingerprint density at radius 2 is 1.77 bits per heavy atom. The number of aryl methyl sites for hydroxylation is 1. The maximum atomic E-state index is 12.8. The van der Waals surface area contributed by atoms with E-state index in [4.69, 9.17) is 4.74 Å². The first kappa shape index (κ1) is 19.8. The van der Waals surface area contributed by atoms with Gasteiger partial charge in [0.15, 0.2) is 0 Å². The molecule has 1 aliphatic heterocycles. The van der Waals surface area contributed by atoms with E-state index in [0.717, 1.165) is 27.8 Å². The fourth-order valence-electron chi connectivity index (χ4n) is 3.02. The number of phenolic OH excluding ortho intramolecular Hbond substituents is 1. The molecule has 0 atom stereocenters. The van der Waals surface area contributed by atoms with Crippen LogP contribution in [0.4, 0.5) is 10.5 Å². The monoisotopic (exact) mass is 417 g/mol. The molecule has 0 spiro atoms. The van der Waals surface area contributed by atoms with Crippen molar-refractivity contribution in [3.8, 4) is 11.5 Å². The molecule has 6 heteroatoms. The van der Waals surface area contributed by atoms with Crippen molar-refractivity contribution < 1.29 is 19.4 Å². The Morgan fingerprint density at radius 3 is 2.53 bits per heavy atom. The van der Waals surface area contributed by atoms with Gasteiger partial charge in [0.05, 0.1) is 10.6 Å². The standard InChI is InChI=1S/C24H19NO4S/c1-16-8-10-17(11-9-16)15-29-21-7-2-4-18(12-21)13-22-23(27)25(24(28)30-22)19-5-3-6-20(26)14-19/h2-14,26H,15H2,1H3. The molecule has 5 nitrogen and oxygen atoms in total. The molecule has 1 aliphatic rings. The minimum Gasteiger partial charge on any atom is -0.508 e. The SMILES string of the molecule is Cc1ccc(COc2cccc(C=C3SC(=O)N(c4cccc(O)c4)C3=O)c2)cc1. The number of rotatable bonds is 5. The van der Waals surface area contributed by atoms with Gasteiger partial charge in [0.2, 0.25) is 0 Å². The summed E-state index contributed by atoms with van der Waals surface area (Å²) < 4.78 is 5.86. The first-order valence-corrected chi connectivity index (χ1v) is 10.2. The molecule has 4 rings (SSSR count). The highest BCUT2D eigenvalue weighted by Crippen LogP contribution is 2.36. The molecule has 1 N–H and O–H groups in total. The normalized spacial score (nSPS) is 15.1. The number of aromatic hydroxyl groups is 1. The van der Waals surface area contributed by atoms with Crippen LogP contribution in [-0.4, -0.2) is 16.3 Å². The molecular weight excluding hydrogens is 398 g/mol. The van der Waals surface area contributed by atoms with Gasteiger partial charge in [0.25, 0.3) is 11.1 Å². The molecule has 2 amide bonds. The smallest absolute Gasteiger partial charge is 0.298 e. The summed E-state index contributed by atoms with van der Waals surface area (Å²) in [6.45, 7) is 2.48. The van der Waals surface area contributed by atoms with E-state index < -0.39 is 11.1 Å². The van der Waals surface area contributed by atoms with E-state index in [1.165, 1.54) is 17.7 Å². The highest BCUT2D eigenvalue weighted by atomic mass is 32.2. The number of hydrogen-bond donors (Lipinski definition) is 1. The van der Waals surface area contributed by atoms with Crippen LogP contribution in [-0.2, 0) is 11.4 Å². The van der Waals surface area contributed by atoms with E-state index >= 15 is 0 Å². The van der Waals surface area contributed by atoms with Crippen molar-refractivity contribution in [1.82, 2.24) is 0 Å². The zero-order valence-electron chi connectivity index (χ0n) is 16.2. The summed E-state index contributed by atoms with van der Waals surface area (Å²) in [7, 11) is 0. The number of thioether (sulfide) groups is 1. The van der Waals surface area contributed by atoms with Crippen LogP contribution in [0.25, 0.3) is 6.08 Å². The number of ether oxygens (including phenoxy) is 1. The summed E-state index contributed by atoms with van der Waals surface area (Å²) in [5.41, 5.74) is 3.37. The second kappa shape index (κ2) is 8.47. The van der Waals surface area contributed by atoms with E-state index in [-0.39, 0.29) is 5.75 Å². The molecule has 3 aromatic carbocycles. The Balaban J connectivity index is 1.50. The molecule has 0 aromatic heterocycles. The molecule has 0 bridgehead atoms. The van der Waals surface area contributed by atoms with Crippen LogP contribution < -0.4 is 9.64 Å². The lowest BCUT2D eigenvalue weighted by Crippen LogP contribution is -2.27. The third-order valence-electron chi connectivity index (χ3n) is 4.56. The predicted molar refractivity (Wildman–Crippen MR) is 119 cm³/mol. The molecular formula is C24H19NO4S. The van der Waals surface area contributed by atoms with Gasteiger partial charge < -0.3 is 9.84 Å². The predicted octanol–water partition coefficient (Wildman–Crippen LogP) is 5.52. The van der Waals surface area contributed by atoms with Crippen molar-refractivity contribution in [2.45, 2.75) is 13.5 Å². The van der Waals surface area contributed by atoms with Crippen LogP contribution in [0.2, 0.25) is 0 Å². The lowest BCUT2D eigenvalue weighted by atomic mass is 10.1. The molecule has 0 saturated carbocycles. The van der Waals surface area contributed by atoms with Gasteiger partial charge in [-0.2, -0.15) is 0 Å². The lowest BCUT2D eigenvalue weighted by Gasteiger charge is -2.12. The van der Waals surface area contributed by atoms with Crippen molar-refractivity contribution in [3.05, 3.63) is 94.4 Å². The van der Waals surface area contributed by atoms with Gasteiger partial charge in [-0.1, -0.05) is 48.0 Å². The largest absolute Gasteiger partial charge is 0.508 e. The van der Waals surface area contributed by atoms with Crippen molar-refractivity contribution in [2.24, 2.45) is 0 Å². The van der Waals surface area contributed by atoms with Gasteiger partial charge >= 0.3 is 0 Å². The zero-order chi connectivity index (χ0) is 21.1. The van der Waals surface area contributed by atoms with E-state index in [0.29, 0.717) is 22.9 Å². The minimum absolute atomic E-state index is 0.00560. The quantitative estimate of drug-likeness (QED) is 0.554. The summed E-state index contributed by atoms with van der Waals surface area (Å²) in [5, 5.41) is 9.24. The highest BCUT2D eigenvalue weighted by molar-refractivity contribution is 8.19. The van der Waals surface area contributed by atoms with Crippen LogP contribution >= 0.6 is 11.8 Å². The molecule has 1 saturated heterocycles. The number of carbonyl (C=O) groups is 2. The first-order valence-electron chi connectivity index (χ1n) is 9.35. The number of phenols is 1. The van der Waals surface area contributed by atoms with Crippen LogP contribution in [0, 0.1) is 6.92 Å². The number of hydrogen-bond acceptors (Lipinski definition) is 5. The summed E-state index contributed by atoms with van der Waals surface area (Å²) >= 11 is 0.871. The van der Waals surface area contributed by atoms with Crippen molar-refractivity contribution in [2.75, 3.05) is 4.90 Å². The Bertz CT molecular complexity index is 1140. The van der Waals surface area contributed by atoms with Gasteiger partial charge in [-0.3, -0.25) is 9.59 Å². The Hall–Kier alpha value is -3.51. The Kier molecular flexibility index (Phi) is 5.59. The summed E-state index contributed by atoms with van der Waals surface area (Å²) in [4.78, 5) is 26.5. The maximum Gasteiger partial charge on any atom is 0.298 e. The molecule has 0 aliphatic carbocycles. The third kappa shape index (κ3) is 4.39. The van der Waals surface area contributed by atoms with Crippen LogP contribution in [0.3, 0.4) is 0 Å². The highest BCUT2D eigenvalue weighted by Gasteiger charge is 2.36. The zero-order valence-corrected chi connectivity index (χ0v) is 17.1. The lowest BCUT2D eigenvalue weighted by molar-refractivity contribution is -0.113. The van der Waals surface area contributed by atoms with Gasteiger partial charge in [-0.25, -0.2) is 4.90 Å². The second-order valence-electron chi connectivity index (χ2n) is 6.88. The van der Waals surface area contributed by atoms with E-state index in [1.807, 2.05) is 55.5 Å². The molecule has 0 unspecified atom stereocenters. The average molecular weight is 417 g/mol. The van der Waals surface area contributed by atoms with Crippen LogP contribution in [0.5, 0.6) is 11.5 Å². The Labute approximate surface area is 178 Å². The topological polar surface area (TPSA) is 66.8 Å². The van der Waals surface area contributed by atoms with Crippen molar-refractivity contribution >= 4 is 34.7 Å². The molecule has 3 aromatic rings. The summed E-state index contributed by atoms with van der Waals surface area (Å²) in [6.07, 6.45) is 1.67. The number of benzene rings is 3. The molecule has 150 valence electrons. The van der Waals surface area contributed by atoms with Crippen molar-refractivity contribution in [3.63, 3.8) is 0 Å². The number of nitrogens with zero attached hydrogens (tertiary/aromatic N) is 1. The molecule has 30 heavy (non-hydrogen) atoms.